The van der Waals surface area contributed by atoms with E-state index in [0.717, 1.165) is 12.3 Å². The monoisotopic (exact) mass is 347 g/mol. The highest BCUT2D eigenvalue weighted by Gasteiger charge is 2.38. The summed E-state index contributed by atoms with van der Waals surface area (Å²) >= 11 is 0. The molecule has 0 radical (unpaired) electrons. The second-order valence-electron chi connectivity index (χ2n) is 4.59. The van der Waals surface area contributed by atoms with Crippen LogP contribution in [0.2, 0.25) is 0 Å². The van der Waals surface area contributed by atoms with E-state index in [4.69, 9.17) is 5.73 Å². The van der Waals surface area contributed by atoms with Crippen molar-refractivity contribution in [1.82, 2.24) is 10.3 Å². The van der Waals surface area contributed by atoms with Crippen LogP contribution in [-0.2, 0) is 23.4 Å². The van der Waals surface area contributed by atoms with Crippen LogP contribution >= 0.6 is 0 Å². The van der Waals surface area contributed by atoms with Gasteiger partial charge in [0, 0.05) is 17.4 Å². The van der Waals surface area contributed by atoms with E-state index in [1.165, 1.54) is 0 Å². The van der Waals surface area contributed by atoms with Crippen molar-refractivity contribution in [2.45, 2.75) is 24.4 Å². The molecule has 1 aromatic heterocycles. The largest absolute Gasteiger partial charge is 0.417 e. The molecule has 0 aliphatic carbocycles. The second-order valence-corrected chi connectivity index (χ2v) is 5.91. The Hall–Kier alpha value is -2.23. The summed E-state index contributed by atoms with van der Waals surface area (Å²) in [5.74, 6) is -0.967. The second kappa shape index (κ2) is 6.11. The molecule has 1 heterocycles. The summed E-state index contributed by atoms with van der Waals surface area (Å²) in [6, 6.07) is 1.62. The molecule has 1 aromatic carbocycles. The smallest absolute Gasteiger partial charge is 0.366 e. The fourth-order valence-corrected chi connectivity index (χ4v) is 3.16. The lowest BCUT2D eigenvalue weighted by atomic mass is 9.98. The van der Waals surface area contributed by atoms with Gasteiger partial charge in [-0.05, 0) is 23.7 Å². The van der Waals surface area contributed by atoms with E-state index in [9.17, 15) is 22.2 Å². The molecule has 0 fully saturated rings. The van der Waals surface area contributed by atoms with Crippen LogP contribution in [0.25, 0.3) is 11.3 Å². The lowest BCUT2D eigenvalue weighted by Crippen LogP contribution is -2.18. The van der Waals surface area contributed by atoms with Gasteiger partial charge in [0.2, 0.25) is 5.91 Å². The van der Waals surface area contributed by atoms with Gasteiger partial charge >= 0.3 is 6.18 Å². The van der Waals surface area contributed by atoms with Crippen molar-refractivity contribution in [3.05, 3.63) is 29.0 Å². The van der Waals surface area contributed by atoms with Gasteiger partial charge in [-0.3, -0.25) is 9.00 Å². The van der Waals surface area contributed by atoms with Crippen LogP contribution < -0.4 is 5.73 Å². The maximum Gasteiger partial charge on any atom is 0.417 e. The van der Waals surface area contributed by atoms with Crippen molar-refractivity contribution in [2.24, 2.45) is 5.73 Å². The van der Waals surface area contributed by atoms with Gasteiger partial charge in [0.15, 0.2) is 0 Å². The summed E-state index contributed by atoms with van der Waals surface area (Å²) in [6.45, 7) is 1.68. The Labute approximate surface area is 131 Å². The minimum absolute atomic E-state index is 0.0717. The predicted octanol–water partition coefficient (Wildman–Crippen LogP) is 2.15. The van der Waals surface area contributed by atoms with E-state index >= 15 is 0 Å². The average molecular weight is 347 g/mol. The third kappa shape index (κ3) is 3.11. The van der Waals surface area contributed by atoms with E-state index in [0.29, 0.717) is 12.5 Å². The van der Waals surface area contributed by atoms with Crippen molar-refractivity contribution in [3.8, 4) is 11.3 Å². The number of benzene rings is 1. The standard InChI is InChI=1S/C13H12F3N3O3S/c1-3-8-10(19-22-18-8)9-6(12(17)20)4-5-7(13(14,15)16)11(9)23(2)21/h4-5H,3H2,1-2H3,(H2,17,20). The molecule has 0 saturated heterocycles. The van der Waals surface area contributed by atoms with Gasteiger partial charge in [0.1, 0.15) is 11.4 Å². The highest BCUT2D eigenvalue weighted by molar-refractivity contribution is 7.84. The van der Waals surface area contributed by atoms with Crippen molar-refractivity contribution >= 4 is 16.7 Å². The molecule has 10 heteroatoms. The number of aromatic nitrogens is 2. The van der Waals surface area contributed by atoms with E-state index < -0.39 is 33.3 Å². The lowest BCUT2D eigenvalue weighted by molar-refractivity contribution is -0.139. The first-order chi connectivity index (χ1) is 10.7. The lowest BCUT2D eigenvalue weighted by Gasteiger charge is -2.16. The van der Waals surface area contributed by atoms with Crippen molar-refractivity contribution in [2.75, 3.05) is 6.26 Å². The highest BCUT2D eigenvalue weighted by Crippen LogP contribution is 2.40. The minimum Gasteiger partial charge on any atom is -0.366 e. The van der Waals surface area contributed by atoms with Crippen LogP contribution in [0, 0.1) is 0 Å². The maximum atomic E-state index is 13.2. The summed E-state index contributed by atoms with van der Waals surface area (Å²) in [5, 5.41) is 7.16. The van der Waals surface area contributed by atoms with E-state index in [1.54, 1.807) is 6.92 Å². The Morgan fingerprint density at radius 2 is 2.00 bits per heavy atom. The zero-order chi connectivity index (χ0) is 17.4. The number of amides is 1. The number of carbonyl (C=O) groups is 1. The molecular formula is C13H12F3N3O3S. The van der Waals surface area contributed by atoms with Gasteiger partial charge < -0.3 is 5.73 Å². The first-order valence-electron chi connectivity index (χ1n) is 6.37. The molecule has 124 valence electrons. The molecule has 2 N–H and O–H groups in total. The third-order valence-electron chi connectivity index (χ3n) is 3.14. The molecule has 0 spiro atoms. The van der Waals surface area contributed by atoms with Crippen molar-refractivity contribution < 1.29 is 26.8 Å². The molecule has 0 bridgehead atoms. The van der Waals surface area contributed by atoms with Crippen LogP contribution in [0.4, 0.5) is 13.2 Å². The summed E-state index contributed by atoms with van der Waals surface area (Å²) in [7, 11) is -2.06. The Balaban J connectivity index is 2.96. The van der Waals surface area contributed by atoms with Gasteiger partial charge in [-0.1, -0.05) is 12.1 Å². The van der Waals surface area contributed by atoms with Gasteiger partial charge in [0.05, 0.1) is 21.3 Å². The number of primary amides is 1. The number of rotatable bonds is 4. The molecule has 0 saturated carbocycles. The average Bonchev–Trinajstić information content (AvgIpc) is 2.92. The molecule has 0 aliphatic heterocycles. The third-order valence-corrected chi connectivity index (χ3v) is 4.14. The molecule has 1 amide bonds. The number of hydrogen-bond donors (Lipinski definition) is 1. The first-order valence-corrected chi connectivity index (χ1v) is 7.93. The summed E-state index contributed by atoms with van der Waals surface area (Å²) in [5.41, 5.74) is 3.80. The van der Waals surface area contributed by atoms with Crippen LogP contribution in [0.15, 0.2) is 21.7 Å². The van der Waals surface area contributed by atoms with Crippen LogP contribution in [0.3, 0.4) is 0 Å². The van der Waals surface area contributed by atoms with Gasteiger partial charge in [-0.2, -0.15) is 13.2 Å². The Kier molecular flexibility index (Phi) is 4.55. The van der Waals surface area contributed by atoms with Crippen LogP contribution in [-0.4, -0.2) is 26.7 Å². The molecule has 1 unspecified atom stereocenters. The van der Waals surface area contributed by atoms with Gasteiger partial charge in [-0.15, -0.1) is 0 Å². The van der Waals surface area contributed by atoms with Gasteiger partial charge in [0.25, 0.3) is 0 Å². The SMILES string of the molecule is CCc1nonc1-c1c(C(N)=O)ccc(C(F)(F)F)c1S(C)=O. The number of nitrogens with zero attached hydrogens (tertiary/aromatic N) is 2. The zero-order valence-electron chi connectivity index (χ0n) is 12.1. The molecular weight excluding hydrogens is 335 g/mol. The number of aryl methyl sites for hydroxylation is 1. The number of carbonyl (C=O) groups excluding carboxylic acids is 1. The number of hydrogen-bond acceptors (Lipinski definition) is 5. The number of nitrogens with two attached hydrogens (primary N) is 1. The quantitative estimate of drug-likeness (QED) is 0.914. The van der Waals surface area contributed by atoms with Crippen molar-refractivity contribution in [1.29, 1.82) is 0 Å². The zero-order valence-corrected chi connectivity index (χ0v) is 12.9. The molecule has 6 nitrogen and oxygen atoms in total. The summed E-state index contributed by atoms with van der Waals surface area (Å²) < 4.78 is 56.2. The van der Waals surface area contributed by atoms with Crippen LogP contribution in [0.5, 0.6) is 0 Å². The van der Waals surface area contributed by atoms with Crippen LogP contribution in [0.1, 0.15) is 28.5 Å². The topological polar surface area (TPSA) is 99.1 Å². The molecule has 2 rings (SSSR count). The number of alkyl halides is 3. The van der Waals surface area contributed by atoms with Gasteiger partial charge in [-0.25, -0.2) is 4.63 Å². The van der Waals surface area contributed by atoms with E-state index in [2.05, 4.69) is 14.9 Å². The fraction of sp³-hybridized carbons (Fsp3) is 0.308. The predicted molar refractivity (Wildman–Crippen MR) is 75.0 cm³/mol. The fourth-order valence-electron chi connectivity index (χ4n) is 2.17. The Bertz CT molecular complexity index is 787. The van der Waals surface area contributed by atoms with Crippen molar-refractivity contribution in [3.63, 3.8) is 0 Å². The normalized spacial score (nSPS) is 13.1. The first kappa shape index (κ1) is 17.1. The van der Waals surface area contributed by atoms with E-state index in [1.807, 2.05) is 0 Å². The molecule has 0 aliphatic rings. The highest BCUT2D eigenvalue weighted by atomic mass is 32.2. The maximum absolute atomic E-state index is 13.2. The Morgan fingerprint density at radius 1 is 1.35 bits per heavy atom. The molecule has 2 aromatic rings. The molecule has 1 atom stereocenters. The minimum atomic E-state index is -4.75. The summed E-state index contributed by atoms with van der Waals surface area (Å²) in [4.78, 5) is 11.0. The summed E-state index contributed by atoms with van der Waals surface area (Å²) in [6.07, 6.45) is -3.38. The Morgan fingerprint density at radius 3 is 2.48 bits per heavy atom. The van der Waals surface area contributed by atoms with E-state index in [-0.39, 0.29) is 22.5 Å². The number of halogens is 3. The molecule has 23 heavy (non-hydrogen) atoms.